The van der Waals surface area contributed by atoms with Crippen LogP contribution in [0.4, 0.5) is 9.59 Å². The Hall–Kier alpha value is -6.26. The first-order valence-electron chi connectivity index (χ1n) is 20.1. The molecule has 0 saturated carbocycles. The van der Waals surface area contributed by atoms with Crippen molar-refractivity contribution >= 4 is 46.7 Å². The quantitative estimate of drug-likeness (QED) is 0.0596. The Morgan fingerprint density at radius 3 is 1.40 bits per heavy atom. The number of thiophene rings is 2. The molecular formula is C44H46N8O6S2. The monoisotopic (exact) mass is 846 g/mol. The third-order valence-corrected chi connectivity index (χ3v) is 12.8. The topological polar surface area (TPSA) is 197 Å². The molecule has 16 heteroatoms. The van der Waals surface area contributed by atoms with Gasteiger partial charge in [0.1, 0.15) is 11.6 Å². The lowest BCUT2D eigenvalue weighted by atomic mass is 10.0. The summed E-state index contributed by atoms with van der Waals surface area (Å²) in [6.07, 6.45) is 5.61. The minimum Gasteiger partial charge on any atom is -0.465 e. The number of nitrogens with zero attached hydrogens (tertiary/aromatic N) is 4. The average Bonchev–Trinajstić information content (AvgIpc) is 4.09. The van der Waals surface area contributed by atoms with E-state index in [9.17, 15) is 29.4 Å². The van der Waals surface area contributed by atoms with E-state index >= 15 is 0 Å². The predicted molar refractivity (Wildman–Crippen MR) is 230 cm³/mol. The van der Waals surface area contributed by atoms with Gasteiger partial charge in [-0.1, -0.05) is 48.5 Å². The molecular weight excluding hydrogens is 801 g/mol. The summed E-state index contributed by atoms with van der Waals surface area (Å²) in [5, 5.41) is 31.7. The molecule has 4 atom stereocenters. The van der Waals surface area contributed by atoms with Crippen molar-refractivity contribution in [3.8, 4) is 33.6 Å². The number of H-pyrrole nitrogens is 2. The molecule has 4 aromatic heterocycles. The highest BCUT2D eigenvalue weighted by molar-refractivity contribution is 7.08. The van der Waals surface area contributed by atoms with Crippen molar-refractivity contribution < 1.29 is 29.4 Å². The van der Waals surface area contributed by atoms with Gasteiger partial charge in [-0.2, -0.15) is 22.7 Å². The first-order valence-corrected chi connectivity index (χ1v) is 22.0. The molecule has 8 rings (SSSR count). The van der Waals surface area contributed by atoms with Gasteiger partial charge in [-0.15, -0.1) is 0 Å². The molecule has 6 aromatic rings. The largest absolute Gasteiger partial charge is 0.465 e. The molecule has 2 unspecified atom stereocenters. The van der Waals surface area contributed by atoms with E-state index in [0.29, 0.717) is 25.9 Å². The molecule has 310 valence electrons. The zero-order valence-electron chi connectivity index (χ0n) is 32.8. The summed E-state index contributed by atoms with van der Waals surface area (Å²) in [5.74, 6) is 1.25. The fourth-order valence-corrected chi connectivity index (χ4v) is 9.79. The summed E-state index contributed by atoms with van der Waals surface area (Å²) >= 11 is 3.09. The molecule has 0 bridgehead atoms. The van der Waals surface area contributed by atoms with E-state index in [-0.39, 0.29) is 36.7 Å². The van der Waals surface area contributed by atoms with Gasteiger partial charge in [0.25, 0.3) is 0 Å². The minimum absolute atomic E-state index is 0.0768. The summed E-state index contributed by atoms with van der Waals surface area (Å²) < 4.78 is 0. The van der Waals surface area contributed by atoms with Gasteiger partial charge in [0.15, 0.2) is 0 Å². The van der Waals surface area contributed by atoms with E-state index in [1.54, 1.807) is 35.1 Å². The molecule has 6 heterocycles. The first kappa shape index (κ1) is 40.5. The van der Waals surface area contributed by atoms with Crippen LogP contribution in [0.25, 0.3) is 33.6 Å². The number of aromatic amines is 2. The number of carbonyl (C=O) groups is 4. The van der Waals surface area contributed by atoms with Gasteiger partial charge in [-0.05, 0) is 106 Å². The lowest BCUT2D eigenvalue weighted by molar-refractivity contribution is -0.133. The predicted octanol–water partition coefficient (Wildman–Crippen LogP) is 8.12. The van der Waals surface area contributed by atoms with Crippen LogP contribution >= 0.6 is 22.7 Å². The molecule has 2 fully saturated rings. The summed E-state index contributed by atoms with van der Waals surface area (Å²) in [5.41, 5.74) is 7.72. The first-order chi connectivity index (χ1) is 29.2. The third-order valence-electron chi connectivity index (χ3n) is 11.3. The second kappa shape index (κ2) is 18.3. The fourth-order valence-electron chi connectivity index (χ4n) is 8.43. The molecule has 0 radical (unpaired) electrons. The second-order valence-electron chi connectivity index (χ2n) is 15.4. The lowest BCUT2D eigenvalue weighted by Gasteiger charge is -2.26. The van der Waals surface area contributed by atoms with Gasteiger partial charge in [0.2, 0.25) is 11.8 Å². The van der Waals surface area contributed by atoms with Crippen LogP contribution in [0.3, 0.4) is 0 Å². The summed E-state index contributed by atoms with van der Waals surface area (Å²) in [7, 11) is 0. The van der Waals surface area contributed by atoms with Gasteiger partial charge >= 0.3 is 12.2 Å². The van der Waals surface area contributed by atoms with E-state index in [0.717, 1.165) is 82.1 Å². The number of aromatic nitrogens is 4. The number of rotatable bonds is 15. The SMILES string of the molecule is O=C(O)N[C@H](CC(=O)N1CCCC1c1ncc(-c2ccc(-c3ccc(-c4cnc(C5CCCN5C(=O)C[C@H](Cc5ccsc5)NC(=O)O)[nH]4)cc3)cc2)[nH]1)Cc1ccsc1. The maximum Gasteiger partial charge on any atom is 0.404 e. The van der Waals surface area contributed by atoms with Crippen LogP contribution in [0.15, 0.2) is 94.6 Å². The van der Waals surface area contributed by atoms with Gasteiger partial charge in [-0.3, -0.25) is 9.59 Å². The normalized spacial score (nSPS) is 17.4. The number of imidazole rings is 2. The number of carboxylic acid groups (broad SMARTS) is 2. The molecule has 2 aliphatic rings. The van der Waals surface area contributed by atoms with Crippen molar-refractivity contribution in [2.24, 2.45) is 0 Å². The van der Waals surface area contributed by atoms with Crippen LogP contribution in [-0.2, 0) is 22.4 Å². The number of benzene rings is 2. The van der Waals surface area contributed by atoms with Crippen LogP contribution in [0.1, 0.15) is 73.4 Å². The molecule has 4 amide bonds. The van der Waals surface area contributed by atoms with Crippen LogP contribution in [0, 0.1) is 0 Å². The fraction of sp³-hybridized carbons (Fsp3) is 0.318. The Morgan fingerprint density at radius 2 is 1.03 bits per heavy atom. The number of nitrogens with one attached hydrogen (secondary N) is 4. The highest BCUT2D eigenvalue weighted by Crippen LogP contribution is 2.35. The number of amides is 4. The zero-order chi connectivity index (χ0) is 41.6. The van der Waals surface area contributed by atoms with Crippen LogP contribution in [0.2, 0.25) is 0 Å². The standard InChI is InChI=1S/C44H46N8O6S2/c53-39(21-33(47-43(55)56)19-27-13-17-59-25-27)51-15-1-3-37(51)41-45-23-35(49-41)31-9-5-29(6-10-31)30-7-11-32(12-8-30)36-24-46-42(50-36)38-4-2-16-52(38)40(54)22-34(48-44(57)58)20-28-14-18-60-26-28/h5-14,17-18,23-26,33-34,37-38,47-48H,1-4,15-16,19-22H2,(H,45,49)(H,46,50)(H,55,56)(H,57,58)/t33-,34-,37?,38?/m0/s1. The smallest absolute Gasteiger partial charge is 0.404 e. The maximum atomic E-state index is 13.5. The molecule has 0 aliphatic carbocycles. The zero-order valence-corrected chi connectivity index (χ0v) is 34.4. The number of hydrogen-bond donors (Lipinski definition) is 6. The Morgan fingerprint density at radius 1 is 0.633 bits per heavy atom. The van der Waals surface area contributed by atoms with Gasteiger partial charge in [0.05, 0.1) is 35.9 Å². The van der Waals surface area contributed by atoms with Gasteiger partial charge in [0, 0.05) is 38.0 Å². The molecule has 14 nitrogen and oxygen atoms in total. The Balaban J connectivity index is 0.882. The van der Waals surface area contributed by atoms with Crippen LogP contribution in [-0.4, -0.2) is 89.1 Å². The highest BCUT2D eigenvalue weighted by Gasteiger charge is 2.35. The van der Waals surface area contributed by atoms with Gasteiger partial charge < -0.3 is 40.6 Å². The minimum atomic E-state index is -1.14. The number of carbonyl (C=O) groups excluding carboxylic acids is 2. The van der Waals surface area contributed by atoms with Crippen LogP contribution in [0.5, 0.6) is 0 Å². The Bertz CT molecular complexity index is 2230. The summed E-state index contributed by atoms with van der Waals surface area (Å²) in [6.45, 7) is 1.19. The molecule has 0 spiro atoms. The molecule has 2 aromatic carbocycles. The molecule has 6 N–H and O–H groups in total. The number of hydrogen-bond acceptors (Lipinski definition) is 8. The highest BCUT2D eigenvalue weighted by atomic mass is 32.1. The van der Waals surface area contributed by atoms with Crippen molar-refractivity contribution in [2.45, 2.75) is 75.5 Å². The summed E-state index contributed by atoms with van der Waals surface area (Å²) in [6, 6.07) is 18.9. The van der Waals surface area contributed by atoms with Crippen molar-refractivity contribution in [3.05, 3.63) is 117 Å². The summed E-state index contributed by atoms with van der Waals surface area (Å²) in [4.78, 5) is 69.9. The third kappa shape index (κ3) is 9.61. The lowest BCUT2D eigenvalue weighted by Crippen LogP contribution is -2.41. The van der Waals surface area contributed by atoms with Gasteiger partial charge in [-0.25, -0.2) is 19.6 Å². The number of likely N-dealkylation sites (tertiary alicyclic amines) is 2. The van der Waals surface area contributed by atoms with Crippen LogP contribution < -0.4 is 10.6 Å². The van der Waals surface area contributed by atoms with E-state index in [2.05, 4.69) is 54.8 Å². The molecule has 2 saturated heterocycles. The van der Waals surface area contributed by atoms with Crippen molar-refractivity contribution in [3.63, 3.8) is 0 Å². The van der Waals surface area contributed by atoms with Crippen molar-refractivity contribution in [1.82, 2.24) is 40.4 Å². The molecule has 60 heavy (non-hydrogen) atoms. The van der Waals surface area contributed by atoms with Crippen molar-refractivity contribution in [2.75, 3.05) is 13.1 Å². The van der Waals surface area contributed by atoms with E-state index < -0.39 is 24.3 Å². The van der Waals surface area contributed by atoms with E-state index in [1.165, 1.54) is 0 Å². The van der Waals surface area contributed by atoms with E-state index in [1.807, 2.05) is 67.7 Å². The Kier molecular flexibility index (Phi) is 12.4. The van der Waals surface area contributed by atoms with Crippen molar-refractivity contribution in [1.29, 1.82) is 0 Å². The average molecular weight is 847 g/mol. The maximum absolute atomic E-state index is 13.5. The Labute approximate surface area is 354 Å². The molecule has 2 aliphatic heterocycles. The second-order valence-corrected chi connectivity index (χ2v) is 16.9. The van der Waals surface area contributed by atoms with E-state index in [4.69, 9.17) is 0 Å².